The van der Waals surface area contributed by atoms with Crippen LogP contribution in [0.2, 0.25) is 0 Å². The van der Waals surface area contributed by atoms with Gasteiger partial charge < -0.3 is 9.47 Å². The smallest absolute Gasteiger partial charge is 0.126 e. The molecule has 0 amide bonds. The molecule has 2 aromatic carbocycles. The summed E-state index contributed by atoms with van der Waals surface area (Å²) in [4.78, 5) is 0. The number of aryl methyl sites for hydroxylation is 2. The lowest BCUT2D eigenvalue weighted by atomic mass is 10.0. The van der Waals surface area contributed by atoms with Gasteiger partial charge in [-0.3, -0.25) is 0 Å². The third-order valence-corrected chi connectivity index (χ3v) is 3.08. The van der Waals surface area contributed by atoms with E-state index in [0.29, 0.717) is 0 Å². The molecule has 0 N–H and O–H groups in total. The van der Waals surface area contributed by atoms with E-state index in [9.17, 15) is 0 Å². The Morgan fingerprint density at radius 1 is 0.750 bits per heavy atom. The molecular formula is C18H24O2. The Hall–Kier alpha value is -1.96. The third kappa shape index (κ3) is 3.53. The maximum Gasteiger partial charge on any atom is 0.126 e. The van der Waals surface area contributed by atoms with E-state index in [1.165, 1.54) is 5.56 Å². The van der Waals surface area contributed by atoms with Crippen LogP contribution in [0.3, 0.4) is 0 Å². The van der Waals surface area contributed by atoms with Crippen molar-refractivity contribution in [3.8, 4) is 22.6 Å². The Bertz CT molecular complexity index is 559. The molecule has 0 aliphatic carbocycles. The lowest BCUT2D eigenvalue weighted by molar-refractivity contribution is 0.411. The summed E-state index contributed by atoms with van der Waals surface area (Å²) in [5, 5.41) is 0. The van der Waals surface area contributed by atoms with Gasteiger partial charge in [-0.05, 0) is 42.7 Å². The quantitative estimate of drug-likeness (QED) is 0.781. The van der Waals surface area contributed by atoms with Crippen LogP contribution in [0, 0.1) is 13.8 Å². The maximum atomic E-state index is 5.44. The third-order valence-electron chi connectivity index (χ3n) is 3.08. The number of benzene rings is 2. The lowest BCUT2D eigenvalue weighted by Gasteiger charge is -2.12. The van der Waals surface area contributed by atoms with Crippen LogP contribution in [0.15, 0.2) is 36.4 Å². The predicted octanol–water partition coefficient (Wildman–Crippen LogP) is 5.01. The molecule has 2 heteroatoms. The van der Waals surface area contributed by atoms with Crippen molar-refractivity contribution in [2.75, 3.05) is 14.2 Å². The van der Waals surface area contributed by atoms with Crippen LogP contribution in [0.1, 0.15) is 25.0 Å². The summed E-state index contributed by atoms with van der Waals surface area (Å²) in [5.41, 5.74) is 4.51. The van der Waals surface area contributed by atoms with E-state index in [4.69, 9.17) is 9.47 Å². The number of hydrogen-bond acceptors (Lipinski definition) is 2. The van der Waals surface area contributed by atoms with E-state index in [1.54, 1.807) is 14.2 Å². The van der Waals surface area contributed by atoms with Gasteiger partial charge in [-0.2, -0.15) is 0 Å². The summed E-state index contributed by atoms with van der Waals surface area (Å²) in [7, 11) is 3.39. The zero-order chi connectivity index (χ0) is 15.1. The summed E-state index contributed by atoms with van der Waals surface area (Å²) in [5.74, 6) is 1.79. The van der Waals surface area contributed by atoms with Gasteiger partial charge in [-0.1, -0.05) is 38.1 Å². The summed E-state index contributed by atoms with van der Waals surface area (Å²) in [6.45, 7) is 8.09. The lowest BCUT2D eigenvalue weighted by Crippen LogP contribution is -1.91. The summed E-state index contributed by atoms with van der Waals surface area (Å²) >= 11 is 0. The first-order valence-corrected chi connectivity index (χ1v) is 6.95. The fourth-order valence-corrected chi connectivity index (χ4v) is 2.02. The second kappa shape index (κ2) is 7.59. The highest BCUT2D eigenvalue weighted by Crippen LogP contribution is 2.33. The molecule has 0 saturated carbocycles. The van der Waals surface area contributed by atoms with Crippen molar-refractivity contribution in [1.82, 2.24) is 0 Å². The Balaban J connectivity index is 0.000000956. The number of ether oxygens (including phenoxy) is 2. The number of hydrogen-bond donors (Lipinski definition) is 0. The molecular weight excluding hydrogens is 248 g/mol. The minimum atomic E-state index is 0.890. The first-order chi connectivity index (χ1) is 9.65. The molecule has 2 nitrogen and oxygen atoms in total. The van der Waals surface area contributed by atoms with Gasteiger partial charge in [0.05, 0.1) is 14.2 Å². The van der Waals surface area contributed by atoms with Crippen molar-refractivity contribution in [3.05, 3.63) is 47.5 Å². The average Bonchev–Trinajstić information content (AvgIpc) is 2.50. The zero-order valence-corrected chi connectivity index (χ0v) is 13.3. The van der Waals surface area contributed by atoms with Crippen LogP contribution >= 0.6 is 0 Å². The van der Waals surface area contributed by atoms with Crippen molar-refractivity contribution < 1.29 is 9.47 Å². The minimum absolute atomic E-state index is 0.890. The van der Waals surface area contributed by atoms with Crippen molar-refractivity contribution in [3.63, 3.8) is 0 Å². The van der Waals surface area contributed by atoms with Gasteiger partial charge in [0.1, 0.15) is 11.5 Å². The van der Waals surface area contributed by atoms with Gasteiger partial charge in [-0.15, -0.1) is 0 Å². The first-order valence-electron chi connectivity index (χ1n) is 6.95. The van der Waals surface area contributed by atoms with Crippen LogP contribution in [0.4, 0.5) is 0 Å². The largest absolute Gasteiger partial charge is 0.496 e. The molecule has 0 aliphatic heterocycles. The molecule has 20 heavy (non-hydrogen) atoms. The van der Waals surface area contributed by atoms with Crippen molar-refractivity contribution in [2.24, 2.45) is 0 Å². The van der Waals surface area contributed by atoms with Crippen LogP contribution in [0.25, 0.3) is 11.1 Å². The fraction of sp³-hybridized carbons (Fsp3) is 0.333. The molecule has 2 rings (SSSR count). The summed E-state index contributed by atoms with van der Waals surface area (Å²) in [6, 6.07) is 12.4. The van der Waals surface area contributed by atoms with Gasteiger partial charge in [0.15, 0.2) is 0 Å². The fourth-order valence-electron chi connectivity index (χ4n) is 2.02. The second-order valence-electron chi connectivity index (χ2n) is 4.39. The van der Waals surface area contributed by atoms with E-state index in [-0.39, 0.29) is 0 Å². The Morgan fingerprint density at radius 3 is 2.00 bits per heavy atom. The molecule has 0 aliphatic rings. The summed E-state index contributed by atoms with van der Waals surface area (Å²) in [6.07, 6.45) is 0. The topological polar surface area (TPSA) is 18.5 Å². The zero-order valence-electron chi connectivity index (χ0n) is 13.3. The molecule has 0 spiro atoms. The van der Waals surface area contributed by atoms with Crippen LogP contribution < -0.4 is 9.47 Å². The number of methoxy groups -OCH3 is 2. The molecule has 0 aromatic heterocycles. The monoisotopic (exact) mass is 272 g/mol. The molecule has 0 radical (unpaired) electrons. The van der Waals surface area contributed by atoms with E-state index in [0.717, 1.165) is 28.2 Å². The Kier molecular flexibility index (Phi) is 6.10. The van der Waals surface area contributed by atoms with Gasteiger partial charge in [0.2, 0.25) is 0 Å². The normalized spacial score (nSPS) is 9.50. The van der Waals surface area contributed by atoms with E-state index >= 15 is 0 Å². The highest BCUT2D eigenvalue weighted by molar-refractivity contribution is 5.72. The molecule has 0 bridgehead atoms. The van der Waals surface area contributed by atoms with Crippen molar-refractivity contribution in [1.29, 1.82) is 0 Å². The Morgan fingerprint density at radius 2 is 1.40 bits per heavy atom. The molecule has 0 fully saturated rings. The molecule has 108 valence electrons. The predicted molar refractivity (Wildman–Crippen MR) is 85.8 cm³/mol. The summed E-state index contributed by atoms with van der Waals surface area (Å²) < 4.78 is 10.8. The van der Waals surface area contributed by atoms with Gasteiger partial charge in [0.25, 0.3) is 0 Å². The first kappa shape index (κ1) is 16.1. The van der Waals surface area contributed by atoms with Crippen LogP contribution in [-0.2, 0) is 0 Å². The van der Waals surface area contributed by atoms with Gasteiger partial charge >= 0.3 is 0 Å². The van der Waals surface area contributed by atoms with Crippen LogP contribution in [-0.4, -0.2) is 14.2 Å². The Labute approximate surface area is 122 Å². The van der Waals surface area contributed by atoms with E-state index in [1.807, 2.05) is 32.9 Å². The molecule has 0 heterocycles. The standard InChI is InChI=1S/C16H18O2.C2H6/c1-11-5-8-14(16(9-11)18-4)13-7-6-12(2)15(10-13)17-3;1-2/h5-10H,1-4H3;1-2H3. The maximum absolute atomic E-state index is 5.44. The van der Waals surface area contributed by atoms with Crippen molar-refractivity contribution in [2.45, 2.75) is 27.7 Å². The minimum Gasteiger partial charge on any atom is -0.496 e. The average molecular weight is 272 g/mol. The van der Waals surface area contributed by atoms with Crippen molar-refractivity contribution >= 4 is 0 Å². The van der Waals surface area contributed by atoms with Crippen LogP contribution in [0.5, 0.6) is 11.5 Å². The number of rotatable bonds is 3. The van der Waals surface area contributed by atoms with E-state index < -0.39 is 0 Å². The molecule has 0 saturated heterocycles. The van der Waals surface area contributed by atoms with E-state index in [2.05, 4.69) is 31.2 Å². The highest BCUT2D eigenvalue weighted by atomic mass is 16.5. The highest BCUT2D eigenvalue weighted by Gasteiger charge is 2.08. The molecule has 0 unspecified atom stereocenters. The SMILES string of the molecule is CC.COc1cc(-c2ccc(C)cc2OC)ccc1C. The van der Waals surface area contributed by atoms with Gasteiger partial charge in [-0.25, -0.2) is 0 Å². The van der Waals surface area contributed by atoms with Gasteiger partial charge in [0, 0.05) is 5.56 Å². The second-order valence-corrected chi connectivity index (χ2v) is 4.39. The molecule has 0 atom stereocenters. The molecule has 2 aromatic rings.